The lowest BCUT2D eigenvalue weighted by molar-refractivity contribution is 0.173. The number of rotatable bonds is 3. The van der Waals surface area contributed by atoms with E-state index in [2.05, 4.69) is 29.2 Å². The summed E-state index contributed by atoms with van der Waals surface area (Å²) in [5.74, 6) is 8.82. The molecule has 1 aromatic rings. The molecule has 0 bridgehead atoms. The molecule has 4 nitrogen and oxygen atoms in total. The lowest BCUT2D eigenvalue weighted by Crippen LogP contribution is -2.37. The average Bonchev–Trinajstić information content (AvgIpc) is 2.70. The normalized spacial score (nSPS) is 32.6. The van der Waals surface area contributed by atoms with E-state index in [4.69, 9.17) is 5.84 Å². The monoisotopic (exact) mass is 222 g/mol. The fourth-order valence-corrected chi connectivity index (χ4v) is 3.17. The quantitative estimate of drug-likeness (QED) is 0.541. The van der Waals surface area contributed by atoms with Crippen molar-refractivity contribution in [2.24, 2.45) is 23.6 Å². The van der Waals surface area contributed by atoms with Crippen LogP contribution in [0.2, 0.25) is 0 Å². The number of aromatic amines is 1. The van der Waals surface area contributed by atoms with E-state index in [1.807, 2.05) is 6.20 Å². The molecule has 1 aliphatic rings. The molecule has 1 heterocycles. The lowest BCUT2D eigenvalue weighted by Gasteiger charge is -2.35. The van der Waals surface area contributed by atoms with E-state index >= 15 is 0 Å². The molecule has 1 saturated carbocycles. The van der Waals surface area contributed by atoms with Crippen LogP contribution >= 0.6 is 0 Å². The van der Waals surface area contributed by atoms with Crippen molar-refractivity contribution in [2.75, 3.05) is 0 Å². The van der Waals surface area contributed by atoms with Gasteiger partial charge in [-0.1, -0.05) is 13.8 Å². The molecule has 0 saturated heterocycles. The second kappa shape index (κ2) is 4.97. The number of nitrogens with zero attached hydrogens (tertiary/aromatic N) is 1. The Bertz CT molecular complexity index is 299. The summed E-state index contributed by atoms with van der Waals surface area (Å²) in [7, 11) is 0. The van der Waals surface area contributed by atoms with Gasteiger partial charge >= 0.3 is 0 Å². The molecule has 0 spiro atoms. The van der Waals surface area contributed by atoms with Crippen LogP contribution in [0, 0.1) is 17.8 Å². The summed E-state index contributed by atoms with van der Waals surface area (Å²) in [6, 6.07) is 0.167. The van der Waals surface area contributed by atoms with Crippen molar-refractivity contribution in [1.82, 2.24) is 15.4 Å². The Labute approximate surface area is 97.0 Å². The zero-order chi connectivity index (χ0) is 11.5. The number of nitrogens with two attached hydrogens (primary N) is 1. The van der Waals surface area contributed by atoms with E-state index in [1.165, 1.54) is 19.3 Å². The number of hydrogen-bond acceptors (Lipinski definition) is 3. The first-order valence-electron chi connectivity index (χ1n) is 6.16. The number of hydrogen-bond donors (Lipinski definition) is 3. The molecule has 1 aliphatic carbocycles. The third-order valence-corrected chi connectivity index (χ3v) is 3.68. The predicted molar refractivity (Wildman–Crippen MR) is 64.3 cm³/mol. The molecule has 0 aliphatic heterocycles. The predicted octanol–water partition coefficient (Wildman–Crippen LogP) is 1.99. The zero-order valence-electron chi connectivity index (χ0n) is 10.1. The molecular formula is C12H22N4. The third kappa shape index (κ3) is 2.44. The molecule has 0 aromatic carbocycles. The molecule has 4 heteroatoms. The van der Waals surface area contributed by atoms with Gasteiger partial charge in [-0.05, 0) is 37.0 Å². The number of hydrazine groups is 1. The summed E-state index contributed by atoms with van der Waals surface area (Å²) >= 11 is 0. The van der Waals surface area contributed by atoms with E-state index in [9.17, 15) is 0 Å². The van der Waals surface area contributed by atoms with E-state index < -0.39 is 0 Å². The van der Waals surface area contributed by atoms with Crippen LogP contribution in [0.25, 0.3) is 0 Å². The Hall–Kier alpha value is -0.870. The molecule has 0 radical (unpaired) electrons. The van der Waals surface area contributed by atoms with Gasteiger partial charge in [0.2, 0.25) is 0 Å². The minimum atomic E-state index is 0.167. The van der Waals surface area contributed by atoms with E-state index in [0.29, 0.717) is 5.92 Å². The van der Waals surface area contributed by atoms with Crippen molar-refractivity contribution in [3.8, 4) is 0 Å². The SMILES string of the molecule is CC1CC(C)CC(C(NN)c2ncc[nH]2)C1. The summed E-state index contributed by atoms with van der Waals surface area (Å²) in [6.07, 6.45) is 7.45. The van der Waals surface area contributed by atoms with Gasteiger partial charge in [-0.15, -0.1) is 0 Å². The first-order chi connectivity index (χ1) is 7.70. The second-order valence-electron chi connectivity index (χ2n) is 5.30. The van der Waals surface area contributed by atoms with Crippen LogP contribution in [-0.2, 0) is 0 Å². The van der Waals surface area contributed by atoms with Crippen LogP contribution in [0.5, 0.6) is 0 Å². The zero-order valence-corrected chi connectivity index (χ0v) is 10.1. The molecule has 1 aromatic heterocycles. The first kappa shape index (κ1) is 11.6. The minimum Gasteiger partial charge on any atom is -0.347 e. The van der Waals surface area contributed by atoms with E-state index in [-0.39, 0.29) is 6.04 Å². The van der Waals surface area contributed by atoms with E-state index in [1.54, 1.807) is 6.20 Å². The highest BCUT2D eigenvalue weighted by atomic mass is 15.3. The Balaban J connectivity index is 2.09. The molecule has 1 fully saturated rings. The van der Waals surface area contributed by atoms with Crippen molar-refractivity contribution in [2.45, 2.75) is 39.2 Å². The number of nitrogens with one attached hydrogen (secondary N) is 2. The molecule has 2 rings (SSSR count). The summed E-state index contributed by atoms with van der Waals surface area (Å²) in [4.78, 5) is 7.48. The molecular weight excluding hydrogens is 200 g/mol. The summed E-state index contributed by atoms with van der Waals surface area (Å²) in [6.45, 7) is 4.66. The summed E-state index contributed by atoms with van der Waals surface area (Å²) in [5, 5.41) is 0. The van der Waals surface area contributed by atoms with Gasteiger partial charge in [0.25, 0.3) is 0 Å². The fraction of sp³-hybridized carbons (Fsp3) is 0.750. The van der Waals surface area contributed by atoms with Crippen LogP contribution in [0.1, 0.15) is 45.0 Å². The smallest absolute Gasteiger partial charge is 0.124 e. The highest BCUT2D eigenvalue weighted by Gasteiger charge is 2.31. The van der Waals surface area contributed by atoms with Crippen LogP contribution in [0.4, 0.5) is 0 Å². The maximum absolute atomic E-state index is 5.68. The summed E-state index contributed by atoms with van der Waals surface area (Å²) in [5.41, 5.74) is 2.92. The van der Waals surface area contributed by atoms with Gasteiger partial charge in [-0.25, -0.2) is 10.4 Å². The Morgan fingerprint density at radius 2 is 2.06 bits per heavy atom. The Morgan fingerprint density at radius 1 is 1.38 bits per heavy atom. The molecule has 0 amide bonds. The van der Waals surface area contributed by atoms with Crippen LogP contribution in [-0.4, -0.2) is 9.97 Å². The topological polar surface area (TPSA) is 66.7 Å². The number of aromatic nitrogens is 2. The van der Waals surface area contributed by atoms with Crippen LogP contribution in [0.15, 0.2) is 12.4 Å². The number of H-pyrrole nitrogens is 1. The highest BCUT2D eigenvalue weighted by molar-refractivity contribution is 4.99. The maximum Gasteiger partial charge on any atom is 0.124 e. The van der Waals surface area contributed by atoms with Crippen molar-refractivity contribution < 1.29 is 0 Å². The van der Waals surface area contributed by atoms with Crippen molar-refractivity contribution in [3.05, 3.63) is 18.2 Å². The maximum atomic E-state index is 5.68. The van der Waals surface area contributed by atoms with Gasteiger partial charge in [-0.3, -0.25) is 5.84 Å². The van der Waals surface area contributed by atoms with Gasteiger partial charge in [0.05, 0.1) is 6.04 Å². The Kier molecular flexibility index (Phi) is 3.61. The van der Waals surface area contributed by atoms with Crippen molar-refractivity contribution in [3.63, 3.8) is 0 Å². The third-order valence-electron chi connectivity index (χ3n) is 3.68. The molecule has 3 atom stereocenters. The van der Waals surface area contributed by atoms with Gasteiger partial charge in [0.1, 0.15) is 5.82 Å². The van der Waals surface area contributed by atoms with Gasteiger partial charge in [0.15, 0.2) is 0 Å². The summed E-state index contributed by atoms with van der Waals surface area (Å²) < 4.78 is 0. The van der Waals surface area contributed by atoms with Gasteiger partial charge in [0, 0.05) is 12.4 Å². The first-order valence-corrected chi connectivity index (χ1v) is 6.16. The fourth-order valence-electron chi connectivity index (χ4n) is 3.17. The second-order valence-corrected chi connectivity index (χ2v) is 5.30. The average molecular weight is 222 g/mol. The van der Waals surface area contributed by atoms with Crippen LogP contribution in [0.3, 0.4) is 0 Å². The molecule has 3 unspecified atom stereocenters. The highest BCUT2D eigenvalue weighted by Crippen LogP contribution is 2.38. The van der Waals surface area contributed by atoms with Gasteiger partial charge < -0.3 is 4.98 Å². The van der Waals surface area contributed by atoms with Crippen molar-refractivity contribution >= 4 is 0 Å². The largest absolute Gasteiger partial charge is 0.347 e. The standard InChI is InChI=1S/C12H22N4/c1-8-5-9(2)7-10(6-8)11(16-13)12-14-3-4-15-12/h3-4,8-11,16H,5-7,13H2,1-2H3,(H,14,15). The van der Waals surface area contributed by atoms with Gasteiger partial charge in [-0.2, -0.15) is 0 Å². The van der Waals surface area contributed by atoms with Crippen molar-refractivity contribution in [1.29, 1.82) is 0 Å². The number of imidazole rings is 1. The molecule has 16 heavy (non-hydrogen) atoms. The minimum absolute atomic E-state index is 0.167. The van der Waals surface area contributed by atoms with Crippen LogP contribution < -0.4 is 11.3 Å². The molecule has 90 valence electrons. The Morgan fingerprint density at radius 3 is 2.56 bits per heavy atom. The molecule has 4 N–H and O–H groups in total. The van der Waals surface area contributed by atoms with E-state index in [0.717, 1.165) is 17.7 Å². The lowest BCUT2D eigenvalue weighted by atomic mass is 9.73.